The van der Waals surface area contributed by atoms with Crippen molar-refractivity contribution in [3.63, 3.8) is 0 Å². The molecule has 2 aliphatic rings. The molecule has 24 heavy (non-hydrogen) atoms. The van der Waals surface area contributed by atoms with Crippen LogP contribution in [0.25, 0.3) is 0 Å². The van der Waals surface area contributed by atoms with E-state index in [1.54, 1.807) is 0 Å². The Kier molecular flexibility index (Phi) is 6.57. The zero-order valence-electron chi connectivity index (χ0n) is 15.0. The number of amides is 2. The maximum Gasteiger partial charge on any atom is 0.259 e. The third-order valence-electron chi connectivity index (χ3n) is 4.67. The molecule has 3 atom stereocenters. The van der Waals surface area contributed by atoms with Crippen molar-refractivity contribution in [2.45, 2.75) is 70.2 Å². The first-order chi connectivity index (χ1) is 11.3. The molecule has 2 amide bonds. The van der Waals surface area contributed by atoms with E-state index in [0.717, 1.165) is 25.8 Å². The van der Waals surface area contributed by atoms with Crippen LogP contribution in [0.5, 0.6) is 0 Å². The minimum Gasteiger partial charge on any atom is -0.351 e. The summed E-state index contributed by atoms with van der Waals surface area (Å²) in [6.07, 6.45) is 3.26. The Hall–Kier alpha value is -1.21. The van der Waals surface area contributed by atoms with Crippen LogP contribution in [-0.4, -0.2) is 66.7 Å². The summed E-state index contributed by atoms with van der Waals surface area (Å²) in [6.45, 7) is 7.63. The normalized spacial score (nSPS) is 29.5. The van der Waals surface area contributed by atoms with Crippen LogP contribution in [0, 0.1) is 0 Å². The van der Waals surface area contributed by atoms with Crippen molar-refractivity contribution < 1.29 is 14.0 Å². The zero-order valence-corrected chi connectivity index (χ0v) is 15.0. The second kappa shape index (κ2) is 8.25. The van der Waals surface area contributed by atoms with Crippen molar-refractivity contribution >= 4 is 11.8 Å². The molecule has 0 saturated carbocycles. The molecule has 0 spiro atoms. The quantitative estimate of drug-likeness (QED) is 0.660. The zero-order chi connectivity index (χ0) is 17.7. The van der Waals surface area contributed by atoms with Gasteiger partial charge in [-0.1, -0.05) is 6.42 Å². The van der Waals surface area contributed by atoms with Gasteiger partial charge in [0.15, 0.2) is 0 Å². The van der Waals surface area contributed by atoms with Gasteiger partial charge in [-0.05, 0) is 40.2 Å². The highest BCUT2D eigenvalue weighted by Crippen LogP contribution is 2.26. The second-order valence-electron chi connectivity index (χ2n) is 7.49. The number of alkyl halides is 1. The van der Waals surface area contributed by atoms with Crippen molar-refractivity contribution in [3.8, 4) is 0 Å². The Bertz CT molecular complexity index is 454. The average molecular weight is 342 g/mol. The van der Waals surface area contributed by atoms with Crippen molar-refractivity contribution in [3.05, 3.63) is 0 Å². The number of hydrogen-bond donors (Lipinski definition) is 3. The molecule has 2 rings (SSSR count). The van der Waals surface area contributed by atoms with Crippen LogP contribution in [-0.2, 0) is 9.59 Å². The van der Waals surface area contributed by atoms with E-state index in [2.05, 4.69) is 16.0 Å². The van der Waals surface area contributed by atoms with Crippen molar-refractivity contribution in [1.29, 1.82) is 0 Å². The Morgan fingerprint density at radius 2 is 2.04 bits per heavy atom. The molecule has 0 radical (unpaired) electrons. The lowest BCUT2D eigenvalue weighted by molar-refractivity contribution is -0.132. The van der Waals surface area contributed by atoms with E-state index in [0.29, 0.717) is 13.1 Å². The van der Waals surface area contributed by atoms with Gasteiger partial charge < -0.3 is 16.0 Å². The van der Waals surface area contributed by atoms with Crippen LogP contribution in [0.4, 0.5) is 4.39 Å². The summed E-state index contributed by atoms with van der Waals surface area (Å²) in [7, 11) is 0. The molecular formula is C17H31FN4O2. The number of rotatable bonds is 6. The number of hydrogen-bond acceptors (Lipinski definition) is 4. The summed E-state index contributed by atoms with van der Waals surface area (Å²) in [4.78, 5) is 26.1. The maximum atomic E-state index is 14.8. The van der Waals surface area contributed by atoms with Gasteiger partial charge in [-0.15, -0.1) is 0 Å². The predicted octanol–water partition coefficient (Wildman–Crippen LogP) is 0.572. The van der Waals surface area contributed by atoms with Gasteiger partial charge in [0, 0.05) is 38.1 Å². The molecule has 2 saturated heterocycles. The number of nitrogens with one attached hydrogen (secondary N) is 3. The lowest BCUT2D eigenvalue weighted by Gasteiger charge is -2.27. The molecule has 6 nitrogen and oxygen atoms in total. The topological polar surface area (TPSA) is 73.5 Å². The molecule has 3 unspecified atom stereocenters. The van der Waals surface area contributed by atoms with E-state index < -0.39 is 11.6 Å². The van der Waals surface area contributed by atoms with Crippen molar-refractivity contribution in [2.24, 2.45) is 0 Å². The standard InChI is InChI=1S/C17H31FN4O2/c1-12(2)20-16(24)17(18)7-9-22(11-17)10-13(3)21-15(23)14-6-4-5-8-19-14/h12-14,19H,4-11H2,1-3H3,(H,20,24)(H,21,23). The van der Waals surface area contributed by atoms with Crippen LogP contribution in [0.1, 0.15) is 46.5 Å². The molecular weight excluding hydrogens is 311 g/mol. The lowest BCUT2D eigenvalue weighted by Crippen LogP contribution is -2.52. The number of halogens is 1. The highest BCUT2D eigenvalue weighted by molar-refractivity contribution is 5.86. The molecule has 0 aromatic carbocycles. The third-order valence-corrected chi connectivity index (χ3v) is 4.67. The minimum atomic E-state index is -1.82. The van der Waals surface area contributed by atoms with Crippen LogP contribution >= 0.6 is 0 Å². The number of nitrogens with zero attached hydrogens (tertiary/aromatic N) is 1. The van der Waals surface area contributed by atoms with Crippen molar-refractivity contribution in [2.75, 3.05) is 26.2 Å². The molecule has 3 N–H and O–H groups in total. The molecule has 0 bridgehead atoms. The summed E-state index contributed by atoms with van der Waals surface area (Å²) in [5.41, 5.74) is -1.82. The average Bonchev–Trinajstić information content (AvgIpc) is 2.89. The summed E-state index contributed by atoms with van der Waals surface area (Å²) >= 11 is 0. The first-order valence-corrected chi connectivity index (χ1v) is 9.06. The molecule has 7 heteroatoms. The second-order valence-corrected chi connectivity index (χ2v) is 7.49. The van der Waals surface area contributed by atoms with E-state index in [9.17, 15) is 14.0 Å². The SMILES string of the molecule is CC(C)NC(=O)C1(F)CCN(CC(C)NC(=O)C2CCCCN2)C1. The fourth-order valence-electron chi connectivity index (χ4n) is 3.43. The molecule has 2 aliphatic heterocycles. The third kappa shape index (κ3) is 5.14. The summed E-state index contributed by atoms with van der Waals surface area (Å²) in [6, 6.07) is -0.256. The first-order valence-electron chi connectivity index (χ1n) is 9.06. The van der Waals surface area contributed by atoms with Crippen LogP contribution in [0.15, 0.2) is 0 Å². The van der Waals surface area contributed by atoms with Gasteiger partial charge in [-0.25, -0.2) is 4.39 Å². The maximum absolute atomic E-state index is 14.8. The van der Waals surface area contributed by atoms with Gasteiger partial charge in [0.1, 0.15) is 0 Å². The number of carbonyl (C=O) groups excluding carboxylic acids is 2. The monoisotopic (exact) mass is 342 g/mol. The molecule has 0 aromatic heterocycles. The highest BCUT2D eigenvalue weighted by Gasteiger charge is 2.45. The molecule has 2 heterocycles. The van der Waals surface area contributed by atoms with Crippen molar-refractivity contribution in [1.82, 2.24) is 20.9 Å². The van der Waals surface area contributed by atoms with E-state index in [1.807, 2.05) is 25.7 Å². The Morgan fingerprint density at radius 3 is 2.67 bits per heavy atom. The number of carbonyl (C=O) groups is 2. The highest BCUT2D eigenvalue weighted by atomic mass is 19.1. The van der Waals surface area contributed by atoms with Gasteiger partial charge >= 0.3 is 0 Å². The largest absolute Gasteiger partial charge is 0.351 e. The van der Waals surface area contributed by atoms with E-state index in [-0.39, 0.29) is 37.0 Å². The van der Waals surface area contributed by atoms with Gasteiger partial charge in [0.05, 0.1) is 6.04 Å². The summed E-state index contributed by atoms with van der Waals surface area (Å²) in [5.74, 6) is -0.506. The van der Waals surface area contributed by atoms with Gasteiger partial charge in [0.25, 0.3) is 5.91 Å². The summed E-state index contributed by atoms with van der Waals surface area (Å²) in [5, 5.41) is 8.88. The Morgan fingerprint density at radius 1 is 1.29 bits per heavy atom. The Labute approximate surface area is 143 Å². The summed E-state index contributed by atoms with van der Waals surface area (Å²) < 4.78 is 14.8. The lowest BCUT2D eigenvalue weighted by atomic mass is 10.0. The minimum absolute atomic E-state index is 0.0189. The van der Waals surface area contributed by atoms with Gasteiger partial charge in [-0.3, -0.25) is 14.5 Å². The number of likely N-dealkylation sites (tertiary alicyclic amines) is 1. The first kappa shape index (κ1) is 19.1. The molecule has 2 fully saturated rings. The van der Waals surface area contributed by atoms with Crippen LogP contribution in [0.3, 0.4) is 0 Å². The molecule has 138 valence electrons. The number of piperidine rings is 1. The predicted molar refractivity (Wildman–Crippen MR) is 91.4 cm³/mol. The van der Waals surface area contributed by atoms with Gasteiger partial charge in [-0.2, -0.15) is 0 Å². The van der Waals surface area contributed by atoms with Crippen LogP contribution < -0.4 is 16.0 Å². The Balaban J connectivity index is 1.77. The van der Waals surface area contributed by atoms with E-state index >= 15 is 0 Å². The fraction of sp³-hybridized carbons (Fsp3) is 0.882. The molecule has 0 aromatic rings. The van der Waals surface area contributed by atoms with E-state index in [4.69, 9.17) is 0 Å². The van der Waals surface area contributed by atoms with Crippen LogP contribution in [0.2, 0.25) is 0 Å². The molecule has 0 aliphatic carbocycles. The fourth-order valence-corrected chi connectivity index (χ4v) is 3.43. The van der Waals surface area contributed by atoms with Gasteiger partial charge in [0.2, 0.25) is 11.6 Å². The van der Waals surface area contributed by atoms with E-state index in [1.165, 1.54) is 0 Å². The smallest absolute Gasteiger partial charge is 0.259 e.